The van der Waals surface area contributed by atoms with E-state index in [1.807, 2.05) is 0 Å². The average molecular weight is 248 g/mol. The summed E-state index contributed by atoms with van der Waals surface area (Å²) in [6.07, 6.45) is 0. The van der Waals surface area contributed by atoms with Gasteiger partial charge in [-0.05, 0) is 33.4 Å². The van der Waals surface area contributed by atoms with Crippen molar-refractivity contribution < 1.29 is 0 Å². The molecule has 0 bridgehead atoms. The average Bonchev–Trinajstić information content (AvgIpc) is 2.35. The first kappa shape index (κ1) is 15.2. The second-order valence-corrected chi connectivity index (χ2v) is 5.71. The number of nitrogens with zero attached hydrogens (tertiary/aromatic N) is 1. The zero-order valence-corrected chi connectivity index (χ0v) is 12.6. The van der Waals surface area contributed by atoms with Gasteiger partial charge in [0.25, 0.3) is 0 Å². The van der Waals surface area contributed by atoms with Crippen molar-refractivity contribution in [1.29, 1.82) is 0 Å². The van der Waals surface area contributed by atoms with E-state index >= 15 is 0 Å². The third-order valence-electron chi connectivity index (χ3n) is 3.61. The molecule has 0 heterocycles. The highest BCUT2D eigenvalue weighted by molar-refractivity contribution is 5.20. The molecule has 2 nitrogen and oxygen atoms in total. The second kappa shape index (κ2) is 6.91. The molecule has 1 N–H and O–H groups in total. The van der Waals surface area contributed by atoms with E-state index in [2.05, 4.69) is 82.2 Å². The Labute approximate surface area is 112 Å². The molecule has 0 aliphatic rings. The lowest BCUT2D eigenvalue weighted by Crippen LogP contribution is -2.45. The Morgan fingerprint density at radius 3 is 1.94 bits per heavy atom. The highest BCUT2D eigenvalue weighted by atomic mass is 15.2. The summed E-state index contributed by atoms with van der Waals surface area (Å²) in [5.41, 5.74) is 1.37. The van der Waals surface area contributed by atoms with Gasteiger partial charge in [0.15, 0.2) is 0 Å². The normalized spacial score (nSPS) is 15.4. The maximum Gasteiger partial charge on any atom is 0.0477 e. The fraction of sp³-hybridized carbons (Fsp3) is 0.625. The van der Waals surface area contributed by atoms with Crippen molar-refractivity contribution in [1.82, 2.24) is 10.2 Å². The van der Waals surface area contributed by atoms with Gasteiger partial charge in [-0.2, -0.15) is 0 Å². The first-order valence-electron chi connectivity index (χ1n) is 6.96. The molecule has 2 heteroatoms. The van der Waals surface area contributed by atoms with E-state index in [9.17, 15) is 0 Å². The topological polar surface area (TPSA) is 15.3 Å². The summed E-state index contributed by atoms with van der Waals surface area (Å²) >= 11 is 0. The minimum atomic E-state index is 0.374. The first-order valence-corrected chi connectivity index (χ1v) is 6.96. The Bertz CT molecular complexity index is 332. The zero-order valence-electron chi connectivity index (χ0n) is 12.6. The van der Waals surface area contributed by atoms with E-state index in [1.54, 1.807) is 0 Å². The first-order chi connectivity index (χ1) is 8.43. The van der Waals surface area contributed by atoms with E-state index in [-0.39, 0.29) is 0 Å². The molecule has 0 aliphatic heterocycles. The van der Waals surface area contributed by atoms with Crippen LogP contribution in [-0.2, 0) is 0 Å². The van der Waals surface area contributed by atoms with E-state index < -0.39 is 0 Å². The summed E-state index contributed by atoms with van der Waals surface area (Å²) in [5, 5.41) is 3.69. The SMILES string of the molecule is CC(C)NC(c1ccccc1)C(C)N(C)C(C)C. The van der Waals surface area contributed by atoms with Crippen LogP contribution in [-0.4, -0.2) is 30.1 Å². The third kappa shape index (κ3) is 4.11. The van der Waals surface area contributed by atoms with Crippen molar-refractivity contribution in [3.63, 3.8) is 0 Å². The van der Waals surface area contributed by atoms with Gasteiger partial charge >= 0.3 is 0 Å². The summed E-state index contributed by atoms with van der Waals surface area (Å²) in [6.45, 7) is 11.2. The van der Waals surface area contributed by atoms with Crippen molar-refractivity contribution in [3.05, 3.63) is 35.9 Å². The van der Waals surface area contributed by atoms with Gasteiger partial charge in [0.1, 0.15) is 0 Å². The van der Waals surface area contributed by atoms with Crippen molar-refractivity contribution in [3.8, 4) is 0 Å². The van der Waals surface area contributed by atoms with E-state index in [4.69, 9.17) is 0 Å². The molecular formula is C16H28N2. The monoisotopic (exact) mass is 248 g/mol. The van der Waals surface area contributed by atoms with Gasteiger partial charge in [-0.3, -0.25) is 4.90 Å². The predicted octanol–water partition coefficient (Wildman–Crippen LogP) is 3.45. The highest BCUT2D eigenvalue weighted by Gasteiger charge is 2.24. The number of rotatable bonds is 6. The van der Waals surface area contributed by atoms with Crippen LogP contribution in [0.1, 0.15) is 46.2 Å². The molecule has 0 saturated carbocycles. The molecule has 0 aliphatic carbocycles. The maximum absolute atomic E-state index is 3.69. The molecule has 0 saturated heterocycles. The molecule has 0 spiro atoms. The van der Waals surface area contributed by atoms with Crippen LogP contribution in [0.3, 0.4) is 0 Å². The number of hydrogen-bond donors (Lipinski definition) is 1. The van der Waals surface area contributed by atoms with Crippen molar-refractivity contribution in [2.24, 2.45) is 0 Å². The van der Waals surface area contributed by atoms with Gasteiger partial charge in [-0.15, -0.1) is 0 Å². The molecule has 1 aromatic rings. The lowest BCUT2D eigenvalue weighted by Gasteiger charge is -2.36. The highest BCUT2D eigenvalue weighted by Crippen LogP contribution is 2.22. The fourth-order valence-corrected chi connectivity index (χ4v) is 2.24. The third-order valence-corrected chi connectivity index (χ3v) is 3.61. The van der Waals surface area contributed by atoms with Gasteiger partial charge in [0.2, 0.25) is 0 Å². The predicted molar refractivity (Wildman–Crippen MR) is 79.8 cm³/mol. The summed E-state index contributed by atoms with van der Waals surface area (Å²) in [5.74, 6) is 0. The summed E-state index contributed by atoms with van der Waals surface area (Å²) in [6, 6.07) is 12.6. The minimum Gasteiger partial charge on any atom is -0.306 e. The molecule has 0 amide bonds. The van der Waals surface area contributed by atoms with Crippen molar-refractivity contribution in [2.45, 2.75) is 58.8 Å². The molecule has 2 atom stereocenters. The van der Waals surface area contributed by atoms with Crippen LogP contribution in [0.5, 0.6) is 0 Å². The summed E-state index contributed by atoms with van der Waals surface area (Å²) in [7, 11) is 2.20. The Morgan fingerprint density at radius 1 is 0.944 bits per heavy atom. The largest absolute Gasteiger partial charge is 0.306 e. The molecule has 1 aromatic carbocycles. The molecule has 1 rings (SSSR count). The van der Waals surface area contributed by atoms with Crippen LogP contribution >= 0.6 is 0 Å². The van der Waals surface area contributed by atoms with E-state index in [0.717, 1.165) is 0 Å². The fourth-order valence-electron chi connectivity index (χ4n) is 2.24. The van der Waals surface area contributed by atoms with E-state index in [1.165, 1.54) is 5.56 Å². The molecule has 18 heavy (non-hydrogen) atoms. The van der Waals surface area contributed by atoms with Gasteiger partial charge < -0.3 is 5.32 Å². The van der Waals surface area contributed by atoms with Crippen LogP contribution in [0.4, 0.5) is 0 Å². The molecule has 0 radical (unpaired) electrons. The van der Waals surface area contributed by atoms with Crippen LogP contribution in [0, 0.1) is 0 Å². The smallest absolute Gasteiger partial charge is 0.0477 e. The van der Waals surface area contributed by atoms with Crippen molar-refractivity contribution >= 4 is 0 Å². The number of likely N-dealkylation sites (N-methyl/N-ethyl adjacent to an activating group) is 1. The Balaban J connectivity index is 2.91. The summed E-state index contributed by atoms with van der Waals surface area (Å²) < 4.78 is 0. The molecule has 0 aromatic heterocycles. The van der Waals surface area contributed by atoms with Gasteiger partial charge in [-0.1, -0.05) is 44.2 Å². The van der Waals surface area contributed by atoms with Crippen LogP contribution < -0.4 is 5.32 Å². The molecule has 102 valence electrons. The lowest BCUT2D eigenvalue weighted by atomic mass is 9.98. The standard InChI is InChI=1S/C16H28N2/c1-12(2)17-16(14(5)18(6)13(3)4)15-10-8-7-9-11-15/h7-14,16-17H,1-6H3. The van der Waals surface area contributed by atoms with Gasteiger partial charge in [-0.25, -0.2) is 0 Å². The molecule has 2 unspecified atom stereocenters. The van der Waals surface area contributed by atoms with Gasteiger partial charge in [0, 0.05) is 24.2 Å². The number of hydrogen-bond acceptors (Lipinski definition) is 2. The Hall–Kier alpha value is -0.860. The van der Waals surface area contributed by atoms with Crippen LogP contribution in [0.2, 0.25) is 0 Å². The van der Waals surface area contributed by atoms with E-state index in [0.29, 0.717) is 24.2 Å². The minimum absolute atomic E-state index is 0.374. The Morgan fingerprint density at radius 2 is 1.50 bits per heavy atom. The quantitative estimate of drug-likeness (QED) is 0.829. The van der Waals surface area contributed by atoms with Crippen molar-refractivity contribution in [2.75, 3.05) is 7.05 Å². The summed E-state index contributed by atoms with van der Waals surface area (Å²) in [4.78, 5) is 2.42. The molecular weight excluding hydrogens is 220 g/mol. The maximum atomic E-state index is 3.69. The number of benzene rings is 1. The van der Waals surface area contributed by atoms with Crippen LogP contribution in [0.25, 0.3) is 0 Å². The molecule has 0 fully saturated rings. The zero-order chi connectivity index (χ0) is 13.7. The van der Waals surface area contributed by atoms with Gasteiger partial charge in [0.05, 0.1) is 0 Å². The number of nitrogens with one attached hydrogen (secondary N) is 1. The van der Waals surface area contributed by atoms with Crippen LogP contribution in [0.15, 0.2) is 30.3 Å². The Kier molecular flexibility index (Phi) is 5.83. The second-order valence-electron chi connectivity index (χ2n) is 5.71. The lowest BCUT2D eigenvalue weighted by molar-refractivity contribution is 0.163.